The van der Waals surface area contributed by atoms with Gasteiger partial charge in [0.1, 0.15) is 0 Å². The van der Waals surface area contributed by atoms with Crippen molar-refractivity contribution in [2.24, 2.45) is 16.6 Å². The fraction of sp³-hybridized carbons (Fsp3) is 0.846. The summed E-state index contributed by atoms with van der Waals surface area (Å²) in [5, 5.41) is 9.20. The second-order valence-electron chi connectivity index (χ2n) is 6.03. The first kappa shape index (κ1) is 13.3. The number of carboxylic acids is 1. The van der Waals surface area contributed by atoms with E-state index in [9.17, 15) is 14.7 Å². The SMILES string of the molecule is CC1(C(=O)O)CCN(C(=O)C2(CN)CCCC2)C1. The number of hydrogen-bond acceptors (Lipinski definition) is 3. The fourth-order valence-electron chi connectivity index (χ4n) is 3.20. The second kappa shape index (κ2) is 4.53. The van der Waals surface area contributed by atoms with Crippen LogP contribution < -0.4 is 5.73 Å². The van der Waals surface area contributed by atoms with E-state index in [1.165, 1.54) is 0 Å². The second-order valence-corrected chi connectivity index (χ2v) is 6.03. The van der Waals surface area contributed by atoms with Crippen LogP contribution in [0, 0.1) is 10.8 Å². The number of nitrogens with zero attached hydrogens (tertiary/aromatic N) is 1. The highest BCUT2D eigenvalue weighted by Gasteiger charge is 2.48. The maximum atomic E-state index is 12.6. The van der Waals surface area contributed by atoms with Gasteiger partial charge in [-0.1, -0.05) is 12.8 Å². The predicted octanol–water partition coefficient (Wildman–Crippen LogP) is 0.829. The average Bonchev–Trinajstić information content (AvgIpc) is 2.96. The highest BCUT2D eigenvalue weighted by atomic mass is 16.4. The van der Waals surface area contributed by atoms with Crippen molar-refractivity contribution in [1.82, 2.24) is 4.90 Å². The molecule has 0 aromatic carbocycles. The molecule has 1 atom stereocenters. The molecule has 2 rings (SSSR count). The standard InChI is InChI=1S/C13H22N2O3/c1-12(11(17)18)6-7-15(9-12)10(16)13(8-14)4-2-3-5-13/h2-9,14H2,1H3,(H,17,18). The topological polar surface area (TPSA) is 83.6 Å². The predicted molar refractivity (Wildman–Crippen MR) is 66.9 cm³/mol. The maximum absolute atomic E-state index is 12.6. The summed E-state index contributed by atoms with van der Waals surface area (Å²) in [6.45, 7) is 2.96. The summed E-state index contributed by atoms with van der Waals surface area (Å²) in [7, 11) is 0. The van der Waals surface area contributed by atoms with Gasteiger partial charge in [0.05, 0.1) is 10.8 Å². The van der Waals surface area contributed by atoms with Gasteiger partial charge in [-0.3, -0.25) is 9.59 Å². The van der Waals surface area contributed by atoms with Crippen LogP contribution in [-0.4, -0.2) is 41.5 Å². The zero-order chi connectivity index (χ0) is 13.4. The van der Waals surface area contributed by atoms with E-state index in [-0.39, 0.29) is 5.91 Å². The third-order valence-corrected chi connectivity index (χ3v) is 4.68. The lowest BCUT2D eigenvalue weighted by molar-refractivity contribution is -0.148. The highest BCUT2D eigenvalue weighted by Crippen LogP contribution is 2.41. The molecule has 0 aromatic heterocycles. The Morgan fingerprint density at radius 1 is 1.28 bits per heavy atom. The van der Waals surface area contributed by atoms with Crippen LogP contribution in [0.3, 0.4) is 0 Å². The summed E-state index contributed by atoms with van der Waals surface area (Å²) in [5.41, 5.74) is 4.60. The summed E-state index contributed by atoms with van der Waals surface area (Å²) < 4.78 is 0. The number of rotatable bonds is 3. The van der Waals surface area contributed by atoms with Gasteiger partial charge in [-0.15, -0.1) is 0 Å². The molecule has 1 saturated heterocycles. The molecule has 1 heterocycles. The Kier molecular flexibility index (Phi) is 3.36. The number of likely N-dealkylation sites (tertiary alicyclic amines) is 1. The molecule has 0 aromatic rings. The van der Waals surface area contributed by atoms with Crippen LogP contribution in [0.5, 0.6) is 0 Å². The Hall–Kier alpha value is -1.10. The molecule has 5 heteroatoms. The van der Waals surface area contributed by atoms with Crippen LogP contribution in [0.4, 0.5) is 0 Å². The largest absolute Gasteiger partial charge is 0.481 e. The van der Waals surface area contributed by atoms with Crippen LogP contribution in [0.1, 0.15) is 39.0 Å². The molecule has 3 N–H and O–H groups in total. The van der Waals surface area contributed by atoms with Gasteiger partial charge in [0, 0.05) is 19.6 Å². The molecular formula is C13H22N2O3. The van der Waals surface area contributed by atoms with Crippen molar-refractivity contribution in [1.29, 1.82) is 0 Å². The normalized spacial score (nSPS) is 30.7. The molecule has 0 spiro atoms. The van der Waals surface area contributed by atoms with Crippen LogP contribution in [0.15, 0.2) is 0 Å². The third kappa shape index (κ3) is 2.00. The minimum atomic E-state index is -0.814. The van der Waals surface area contributed by atoms with E-state index < -0.39 is 16.8 Å². The summed E-state index contributed by atoms with van der Waals surface area (Å²) in [4.78, 5) is 25.5. The molecule has 18 heavy (non-hydrogen) atoms. The van der Waals surface area contributed by atoms with Gasteiger partial charge in [-0.2, -0.15) is 0 Å². The van der Waals surface area contributed by atoms with E-state index in [1.807, 2.05) is 0 Å². The smallest absolute Gasteiger partial charge is 0.311 e. The molecule has 0 bridgehead atoms. The molecular weight excluding hydrogens is 232 g/mol. The number of nitrogens with two attached hydrogens (primary N) is 1. The first-order valence-corrected chi connectivity index (χ1v) is 6.66. The highest BCUT2D eigenvalue weighted by molar-refractivity contribution is 5.85. The van der Waals surface area contributed by atoms with Crippen molar-refractivity contribution in [2.45, 2.75) is 39.0 Å². The Morgan fingerprint density at radius 2 is 1.89 bits per heavy atom. The lowest BCUT2D eigenvalue weighted by Gasteiger charge is -2.31. The van der Waals surface area contributed by atoms with E-state index in [0.717, 1.165) is 25.7 Å². The van der Waals surface area contributed by atoms with Crippen molar-refractivity contribution in [3.63, 3.8) is 0 Å². The van der Waals surface area contributed by atoms with Gasteiger partial charge in [0.25, 0.3) is 0 Å². The van der Waals surface area contributed by atoms with Crippen LogP contribution in [-0.2, 0) is 9.59 Å². The zero-order valence-corrected chi connectivity index (χ0v) is 10.9. The van der Waals surface area contributed by atoms with E-state index in [0.29, 0.717) is 26.1 Å². The number of carbonyl (C=O) groups is 2. The van der Waals surface area contributed by atoms with Gasteiger partial charge in [-0.25, -0.2) is 0 Å². The Labute approximate surface area is 107 Å². The number of amides is 1. The molecule has 1 unspecified atom stereocenters. The number of carboxylic acid groups (broad SMARTS) is 1. The zero-order valence-electron chi connectivity index (χ0n) is 10.9. The number of aliphatic carboxylic acids is 1. The van der Waals surface area contributed by atoms with Gasteiger partial charge in [-0.05, 0) is 26.2 Å². The summed E-state index contributed by atoms with van der Waals surface area (Å²) in [6, 6.07) is 0. The first-order valence-electron chi connectivity index (χ1n) is 6.66. The quantitative estimate of drug-likeness (QED) is 0.781. The van der Waals surface area contributed by atoms with Crippen molar-refractivity contribution in [2.75, 3.05) is 19.6 Å². The molecule has 0 radical (unpaired) electrons. The van der Waals surface area contributed by atoms with Crippen molar-refractivity contribution < 1.29 is 14.7 Å². The lowest BCUT2D eigenvalue weighted by Crippen LogP contribution is -2.46. The first-order chi connectivity index (χ1) is 8.43. The van der Waals surface area contributed by atoms with E-state index in [1.54, 1.807) is 11.8 Å². The lowest BCUT2D eigenvalue weighted by atomic mass is 9.84. The summed E-state index contributed by atoms with van der Waals surface area (Å²) >= 11 is 0. The molecule has 5 nitrogen and oxygen atoms in total. The minimum absolute atomic E-state index is 0.0764. The van der Waals surface area contributed by atoms with Gasteiger partial charge in [0.15, 0.2) is 0 Å². The fourth-order valence-corrected chi connectivity index (χ4v) is 3.20. The molecule has 1 aliphatic carbocycles. The van der Waals surface area contributed by atoms with Gasteiger partial charge >= 0.3 is 5.97 Å². The van der Waals surface area contributed by atoms with E-state index in [2.05, 4.69) is 0 Å². The van der Waals surface area contributed by atoms with Crippen LogP contribution in [0.25, 0.3) is 0 Å². The van der Waals surface area contributed by atoms with Crippen molar-refractivity contribution in [3.05, 3.63) is 0 Å². The van der Waals surface area contributed by atoms with Crippen molar-refractivity contribution in [3.8, 4) is 0 Å². The molecule has 102 valence electrons. The Morgan fingerprint density at radius 3 is 2.33 bits per heavy atom. The monoisotopic (exact) mass is 254 g/mol. The van der Waals surface area contributed by atoms with Crippen molar-refractivity contribution >= 4 is 11.9 Å². The Bertz CT molecular complexity index is 363. The molecule has 2 fully saturated rings. The van der Waals surface area contributed by atoms with Gasteiger partial charge < -0.3 is 15.7 Å². The minimum Gasteiger partial charge on any atom is -0.481 e. The Balaban J connectivity index is 2.10. The summed E-state index contributed by atoms with van der Waals surface area (Å²) in [6.07, 6.45) is 4.33. The molecule has 1 aliphatic heterocycles. The average molecular weight is 254 g/mol. The number of carbonyl (C=O) groups excluding carboxylic acids is 1. The molecule has 1 amide bonds. The molecule has 2 aliphatic rings. The van der Waals surface area contributed by atoms with Crippen LogP contribution >= 0.6 is 0 Å². The molecule has 1 saturated carbocycles. The maximum Gasteiger partial charge on any atom is 0.311 e. The summed E-state index contributed by atoms with van der Waals surface area (Å²) in [5.74, 6) is -0.738. The van der Waals surface area contributed by atoms with Gasteiger partial charge in [0.2, 0.25) is 5.91 Å². The van der Waals surface area contributed by atoms with E-state index >= 15 is 0 Å². The van der Waals surface area contributed by atoms with Crippen LogP contribution in [0.2, 0.25) is 0 Å². The van der Waals surface area contributed by atoms with E-state index in [4.69, 9.17) is 5.73 Å². The third-order valence-electron chi connectivity index (χ3n) is 4.68. The number of hydrogen-bond donors (Lipinski definition) is 2.